The number of nitrogens with zero attached hydrogens (tertiary/aromatic N) is 1. The first-order chi connectivity index (χ1) is 7.79. The molecule has 2 aromatic rings. The Morgan fingerprint density at radius 3 is 2.50 bits per heavy atom. The number of rotatable bonds is 2. The third-order valence-electron chi connectivity index (χ3n) is 2.13. The van der Waals surface area contributed by atoms with Gasteiger partial charge in [-0.2, -0.15) is 0 Å². The van der Waals surface area contributed by atoms with Crippen molar-refractivity contribution in [1.82, 2.24) is 0 Å². The van der Waals surface area contributed by atoms with E-state index in [0.29, 0.717) is 10.7 Å². The van der Waals surface area contributed by atoms with Crippen molar-refractivity contribution in [2.24, 2.45) is 0 Å². The second-order valence-electron chi connectivity index (χ2n) is 3.26. The fourth-order valence-electron chi connectivity index (χ4n) is 1.38. The van der Waals surface area contributed by atoms with Crippen molar-refractivity contribution in [2.75, 3.05) is 5.32 Å². The van der Waals surface area contributed by atoms with Gasteiger partial charge in [-0.25, -0.2) is 4.85 Å². The molecule has 0 spiro atoms. The van der Waals surface area contributed by atoms with Crippen LogP contribution in [0.5, 0.6) is 0 Å². The van der Waals surface area contributed by atoms with Crippen LogP contribution in [0.2, 0.25) is 5.02 Å². The Labute approximate surface area is 99.3 Å². The molecular formula is C13H9ClN2. The summed E-state index contributed by atoms with van der Waals surface area (Å²) in [5.74, 6) is 0. The summed E-state index contributed by atoms with van der Waals surface area (Å²) in [5.41, 5.74) is 2.25. The second kappa shape index (κ2) is 4.69. The predicted octanol–water partition coefficient (Wildman–Crippen LogP) is 4.63. The molecule has 3 heteroatoms. The van der Waals surface area contributed by atoms with E-state index in [9.17, 15) is 0 Å². The van der Waals surface area contributed by atoms with Crippen LogP contribution in [0.3, 0.4) is 0 Å². The van der Waals surface area contributed by atoms with E-state index < -0.39 is 0 Å². The Balaban J connectivity index is 2.32. The molecule has 0 radical (unpaired) electrons. The minimum absolute atomic E-state index is 0.524. The van der Waals surface area contributed by atoms with Crippen molar-refractivity contribution in [3.8, 4) is 0 Å². The molecular weight excluding hydrogens is 220 g/mol. The van der Waals surface area contributed by atoms with Crippen molar-refractivity contribution < 1.29 is 0 Å². The number of anilines is 2. The van der Waals surface area contributed by atoms with E-state index in [4.69, 9.17) is 18.2 Å². The molecule has 0 heterocycles. The molecule has 0 aromatic heterocycles. The molecule has 78 valence electrons. The van der Waals surface area contributed by atoms with Gasteiger partial charge in [-0.15, -0.1) is 0 Å². The Morgan fingerprint density at radius 1 is 1.06 bits per heavy atom. The summed E-state index contributed by atoms with van der Waals surface area (Å²) in [6.45, 7) is 7.07. The average Bonchev–Trinajstić information content (AvgIpc) is 2.33. The van der Waals surface area contributed by atoms with E-state index >= 15 is 0 Å². The fraction of sp³-hybridized carbons (Fsp3) is 0. The van der Waals surface area contributed by atoms with Gasteiger partial charge in [0.15, 0.2) is 0 Å². The highest BCUT2D eigenvalue weighted by Crippen LogP contribution is 2.30. The Morgan fingerprint density at radius 2 is 1.81 bits per heavy atom. The van der Waals surface area contributed by atoms with Crippen molar-refractivity contribution in [1.29, 1.82) is 0 Å². The lowest BCUT2D eigenvalue weighted by atomic mass is 10.2. The molecule has 2 nitrogen and oxygen atoms in total. The Kier molecular flexibility index (Phi) is 3.09. The van der Waals surface area contributed by atoms with Crippen LogP contribution in [0.4, 0.5) is 17.1 Å². The van der Waals surface area contributed by atoms with Crippen LogP contribution in [-0.2, 0) is 0 Å². The fourth-order valence-corrected chi connectivity index (χ4v) is 1.55. The molecule has 0 amide bonds. The molecule has 0 aliphatic heterocycles. The first-order valence-electron chi connectivity index (χ1n) is 4.78. The molecule has 0 saturated heterocycles. The van der Waals surface area contributed by atoms with Crippen LogP contribution in [0, 0.1) is 6.57 Å². The van der Waals surface area contributed by atoms with E-state index in [2.05, 4.69) is 10.2 Å². The number of hydrogen-bond donors (Lipinski definition) is 1. The zero-order valence-corrected chi connectivity index (χ0v) is 9.20. The molecule has 0 bridgehead atoms. The second-order valence-corrected chi connectivity index (χ2v) is 3.70. The largest absolute Gasteiger partial charge is 0.365 e. The minimum atomic E-state index is 0.524. The normalized spacial score (nSPS) is 9.50. The topological polar surface area (TPSA) is 16.4 Å². The summed E-state index contributed by atoms with van der Waals surface area (Å²) in [6, 6.07) is 14.9. The third kappa shape index (κ3) is 2.33. The summed E-state index contributed by atoms with van der Waals surface area (Å²) >= 11 is 5.83. The molecule has 0 unspecified atom stereocenters. The number of hydrogen-bond acceptors (Lipinski definition) is 1. The molecule has 0 fully saturated rings. The zero-order valence-electron chi connectivity index (χ0n) is 8.44. The number of halogens is 1. The van der Waals surface area contributed by atoms with Crippen LogP contribution in [0.1, 0.15) is 0 Å². The standard InChI is InChI=1S/C13H9ClN2/c1-15-13-9-10(14)7-8-12(13)16-11-5-3-2-4-6-11/h2-9,16H. The summed E-state index contributed by atoms with van der Waals surface area (Å²) in [6.07, 6.45) is 0. The molecule has 0 aliphatic rings. The molecule has 0 atom stereocenters. The van der Waals surface area contributed by atoms with Crippen molar-refractivity contribution in [2.45, 2.75) is 0 Å². The van der Waals surface area contributed by atoms with E-state index in [1.165, 1.54) is 0 Å². The molecule has 0 aliphatic carbocycles. The Bertz CT molecular complexity index is 529. The lowest BCUT2D eigenvalue weighted by Gasteiger charge is -2.08. The first-order valence-corrected chi connectivity index (χ1v) is 5.16. The van der Waals surface area contributed by atoms with Crippen LogP contribution in [-0.4, -0.2) is 0 Å². The highest BCUT2D eigenvalue weighted by atomic mass is 35.5. The van der Waals surface area contributed by atoms with Crippen molar-refractivity contribution in [3.63, 3.8) is 0 Å². The van der Waals surface area contributed by atoms with E-state index in [1.807, 2.05) is 36.4 Å². The zero-order chi connectivity index (χ0) is 11.4. The van der Waals surface area contributed by atoms with E-state index in [1.54, 1.807) is 12.1 Å². The number of nitrogens with one attached hydrogen (secondary N) is 1. The molecule has 2 rings (SSSR count). The maximum absolute atomic E-state index is 7.07. The maximum atomic E-state index is 7.07. The summed E-state index contributed by atoms with van der Waals surface area (Å²) in [4.78, 5) is 3.43. The molecule has 16 heavy (non-hydrogen) atoms. The van der Waals surface area contributed by atoms with Crippen molar-refractivity contribution in [3.05, 3.63) is 65.0 Å². The first kappa shape index (κ1) is 10.5. The van der Waals surface area contributed by atoms with Gasteiger partial charge in [0.05, 0.1) is 6.57 Å². The number of para-hydroxylation sites is 1. The van der Waals surface area contributed by atoms with Crippen LogP contribution >= 0.6 is 11.6 Å². The van der Waals surface area contributed by atoms with Crippen LogP contribution in [0.15, 0.2) is 48.5 Å². The van der Waals surface area contributed by atoms with Gasteiger partial charge in [-0.3, -0.25) is 0 Å². The number of benzene rings is 2. The molecule has 0 saturated carbocycles. The smallest absolute Gasteiger partial charge is 0.211 e. The van der Waals surface area contributed by atoms with Gasteiger partial charge in [-0.1, -0.05) is 29.8 Å². The van der Waals surface area contributed by atoms with Crippen LogP contribution in [0.25, 0.3) is 4.85 Å². The molecule has 1 N–H and O–H groups in total. The molecule has 2 aromatic carbocycles. The van der Waals surface area contributed by atoms with Gasteiger partial charge in [0.2, 0.25) is 5.69 Å². The van der Waals surface area contributed by atoms with Gasteiger partial charge in [-0.05, 0) is 30.3 Å². The maximum Gasteiger partial charge on any atom is 0.211 e. The predicted molar refractivity (Wildman–Crippen MR) is 67.4 cm³/mol. The summed E-state index contributed by atoms with van der Waals surface area (Å²) in [5, 5.41) is 3.75. The van der Waals surface area contributed by atoms with Gasteiger partial charge < -0.3 is 5.32 Å². The highest BCUT2D eigenvalue weighted by molar-refractivity contribution is 6.31. The van der Waals surface area contributed by atoms with Gasteiger partial charge in [0, 0.05) is 16.4 Å². The van der Waals surface area contributed by atoms with Gasteiger partial charge in [0.1, 0.15) is 0 Å². The minimum Gasteiger partial charge on any atom is -0.365 e. The quantitative estimate of drug-likeness (QED) is 0.741. The Hall–Kier alpha value is -1.98. The lowest BCUT2D eigenvalue weighted by molar-refractivity contribution is 1.56. The lowest BCUT2D eigenvalue weighted by Crippen LogP contribution is -1.89. The van der Waals surface area contributed by atoms with E-state index in [-0.39, 0.29) is 0 Å². The van der Waals surface area contributed by atoms with Gasteiger partial charge in [0.25, 0.3) is 0 Å². The third-order valence-corrected chi connectivity index (χ3v) is 2.37. The SMILES string of the molecule is [C-]#[N+]c1cc(Cl)ccc1Nc1ccccc1. The summed E-state index contributed by atoms with van der Waals surface area (Å²) in [7, 11) is 0. The van der Waals surface area contributed by atoms with Gasteiger partial charge >= 0.3 is 0 Å². The van der Waals surface area contributed by atoms with Crippen molar-refractivity contribution >= 4 is 28.7 Å². The van der Waals surface area contributed by atoms with E-state index in [0.717, 1.165) is 11.4 Å². The van der Waals surface area contributed by atoms with Crippen LogP contribution < -0.4 is 5.32 Å². The average molecular weight is 229 g/mol. The summed E-state index contributed by atoms with van der Waals surface area (Å²) < 4.78 is 0. The monoisotopic (exact) mass is 228 g/mol. The highest BCUT2D eigenvalue weighted by Gasteiger charge is 2.02.